The maximum atomic E-state index is 11.4. The third-order valence-corrected chi connectivity index (χ3v) is 3.96. The number of esters is 1. The van der Waals surface area contributed by atoms with Crippen molar-refractivity contribution in [2.75, 3.05) is 23.4 Å². The van der Waals surface area contributed by atoms with Gasteiger partial charge in [-0.3, -0.25) is 0 Å². The summed E-state index contributed by atoms with van der Waals surface area (Å²) in [5.41, 5.74) is 0.388. The summed E-state index contributed by atoms with van der Waals surface area (Å²) < 4.78 is 4.90. The molecule has 1 aromatic rings. The van der Waals surface area contributed by atoms with E-state index in [1.165, 1.54) is 11.3 Å². The van der Waals surface area contributed by atoms with E-state index in [1.807, 2.05) is 11.8 Å². The van der Waals surface area contributed by atoms with Crippen molar-refractivity contribution in [3.05, 3.63) is 11.1 Å². The van der Waals surface area contributed by atoms with E-state index in [-0.39, 0.29) is 5.97 Å². The van der Waals surface area contributed by atoms with E-state index < -0.39 is 0 Å². The summed E-state index contributed by atoms with van der Waals surface area (Å²) in [4.78, 5) is 15.7. The molecule has 0 aliphatic heterocycles. The number of rotatable bonds is 8. The Morgan fingerprint density at radius 3 is 3.06 bits per heavy atom. The molecule has 1 unspecified atom stereocenters. The molecule has 0 spiro atoms. The number of carbonyl (C=O) groups is 1. The summed E-state index contributed by atoms with van der Waals surface area (Å²) >= 11 is 3.37. The van der Waals surface area contributed by atoms with Crippen LogP contribution in [0.1, 0.15) is 37.7 Å². The summed E-state index contributed by atoms with van der Waals surface area (Å²) in [6.45, 7) is 6.46. The summed E-state index contributed by atoms with van der Waals surface area (Å²) in [6.07, 6.45) is 1.09. The Morgan fingerprint density at radius 2 is 2.39 bits per heavy atom. The van der Waals surface area contributed by atoms with Crippen LogP contribution in [-0.2, 0) is 4.74 Å². The van der Waals surface area contributed by atoms with Gasteiger partial charge in [0.25, 0.3) is 0 Å². The number of ether oxygens (including phenoxy) is 1. The third-order valence-electron chi connectivity index (χ3n) is 2.26. The van der Waals surface area contributed by atoms with Crippen molar-refractivity contribution in [1.82, 2.24) is 4.98 Å². The molecule has 0 amide bonds. The average Bonchev–Trinajstić information content (AvgIpc) is 2.78. The Bertz CT molecular complexity index is 369. The Labute approximate surface area is 117 Å². The molecule has 0 aliphatic rings. The minimum absolute atomic E-state index is 0.351. The van der Waals surface area contributed by atoms with Crippen molar-refractivity contribution >= 4 is 34.2 Å². The number of hydrogen-bond donors (Lipinski definition) is 1. The van der Waals surface area contributed by atoms with E-state index in [2.05, 4.69) is 24.1 Å². The normalized spacial score (nSPS) is 12.2. The standard InChI is InChI=1S/C12H20N2O2S2/c1-4-16-11(15)10-8-18-12(14-10)13-9(3)6-7-17-5-2/h8-9H,4-7H2,1-3H3,(H,13,14). The zero-order valence-corrected chi connectivity index (χ0v) is 12.7. The fourth-order valence-electron chi connectivity index (χ4n) is 1.33. The van der Waals surface area contributed by atoms with Crippen LogP contribution in [0.5, 0.6) is 0 Å². The van der Waals surface area contributed by atoms with E-state index in [4.69, 9.17) is 4.74 Å². The minimum Gasteiger partial charge on any atom is -0.461 e. The van der Waals surface area contributed by atoms with E-state index in [1.54, 1.807) is 12.3 Å². The van der Waals surface area contributed by atoms with Gasteiger partial charge in [0.1, 0.15) is 0 Å². The van der Waals surface area contributed by atoms with Crippen LogP contribution in [0.2, 0.25) is 0 Å². The number of thiazole rings is 1. The molecular weight excluding hydrogens is 268 g/mol. The molecule has 0 aliphatic carbocycles. The molecule has 1 rings (SSSR count). The quantitative estimate of drug-likeness (QED) is 0.588. The first-order valence-corrected chi connectivity index (χ1v) is 8.17. The summed E-state index contributed by atoms with van der Waals surface area (Å²) in [5.74, 6) is 1.94. The lowest BCUT2D eigenvalue weighted by atomic mass is 10.3. The molecular formula is C12H20N2O2S2. The molecule has 0 bridgehead atoms. The van der Waals surface area contributed by atoms with Crippen LogP contribution >= 0.6 is 23.1 Å². The lowest BCUT2D eigenvalue weighted by Crippen LogP contribution is -2.16. The maximum absolute atomic E-state index is 11.4. The van der Waals surface area contributed by atoms with Crippen LogP contribution in [0.25, 0.3) is 0 Å². The highest BCUT2D eigenvalue weighted by Crippen LogP contribution is 2.18. The molecule has 1 N–H and O–H groups in total. The highest BCUT2D eigenvalue weighted by molar-refractivity contribution is 7.99. The summed E-state index contributed by atoms with van der Waals surface area (Å²) in [6, 6.07) is 0.366. The highest BCUT2D eigenvalue weighted by Gasteiger charge is 2.12. The first-order chi connectivity index (χ1) is 8.67. The number of hydrogen-bond acceptors (Lipinski definition) is 6. The van der Waals surface area contributed by atoms with Crippen molar-refractivity contribution < 1.29 is 9.53 Å². The second-order valence-corrected chi connectivity index (χ2v) is 6.04. The highest BCUT2D eigenvalue weighted by atomic mass is 32.2. The van der Waals surface area contributed by atoms with E-state index in [0.717, 1.165) is 23.1 Å². The van der Waals surface area contributed by atoms with Crippen molar-refractivity contribution in [3.63, 3.8) is 0 Å². The van der Waals surface area contributed by atoms with Crippen LogP contribution in [0.4, 0.5) is 5.13 Å². The van der Waals surface area contributed by atoms with Crippen LogP contribution in [0, 0.1) is 0 Å². The van der Waals surface area contributed by atoms with Crippen LogP contribution in [0.3, 0.4) is 0 Å². The van der Waals surface area contributed by atoms with Gasteiger partial charge in [0.2, 0.25) is 0 Å². The SMILES string of the molecule is CCOC(=O)c1csc(NC(C)CCSCC)n1. The van der Waals surface area contributed by atoms with Gasteiger partial charge in [0.15, 0.2) is 10.8 Å². The Balaban J connectivity index is 2.41. The fourth-order valence-corrected chi connectivity index (χ4v) is 2.93. The zero-order chi connectivity index (χ0) is 13.4. The van der Waals surface area contributed by atoms with Gasteiger partial charge < -0.3 is 10.1 Å². The molecule has 0 radical (unpaired) electrons. The number of aromatic nitrogens is 1. The van der Waals surface area contributed by atoms with Gasteiger partial charge >= 0.3 is 5.97 Å². The molecule has 1 atom stereocenters. The molecule has 0 saturated heterocycles. The fraction of sp³-hybridized carbons (Fsp3) is 0.667. The largest absolute Gasteiger partial charge is 0.461 e. The van der Waals surface area contributed by atoms with Gasteiger partial charge in [0.05, 0.1) is 6.61 Å². The molecule has 102 valence electrons. The van der Waals surface area contributed by atoms with E-state index in [0.29, 0.717) is 18.3 Å². The maximum Gasteiger partial charge on any atom is 0.357 e. The van der Waals surface area contributed by atoms with Crippen molar-refractivity contribution in [2.24, 2.45) is 0 Å². The predicted octanol–water partition coefficient (Wildman–Crippen LogP) is 3.26. The second kappa shape index (κ2) is 8.37. The number of anilines is 1. The summed E-state index contributed by atoms with van der Waals surface area (Å²) in [7, 11) is 0. The molecule has 0 aromatic carbocycles. The predicted molar refractivity (Wildman–Crippen MR) is 78.8 cm³/mol. The summed E-state index contributed by atoms with van der Waals surface area (Å²) in [5, 5.41) is 5.82. The lowest BCUT2D eigenvalue weighted by molar-refractivity contribution is 0.0520. The van der Waals surface area contributed by atoms with Crippen LogP contribution < -0.4 is 5.32 Å². The van der Waals surface area contributed by atoms with Crippen molar-refractivity contribution in [2.45, 2.75) is 33.2 Å². The topological polar surface area (TPSA) is 51.2 Å². The number of carbonyl (C=O) groups excluding carboxylic acids is 1. The smallest absolute Gasteiger partial charge is 0.357 e. The first-order valence-electron chi connectivity index (χ1n) is 6.14. The zero-order valence-electron chi connectivity index (χ0n) is 11.1. The minimum atomic E-state index is -0.351. The average molecular weight is 288 g/mol. The molecule has 6 heteroatoms. The molecule has 1 heterocycles. The van der Waals surface area contributed by atoms with Crippen LogP contribution in [-0.4, -0.2) is 35.1 Å². The van der Waals surface area contributed by atoms with E-state index >= 15 is 0 Å². The first kappa shape index (κ1) is 15.3. The molecule has 18 heavy (non-hydrogen) atoms. The van der Waals surface area contributed by atoms with Crippen molar-refractivity contribution in [3.8, 4) is 0 Å². The van der Waals surface area contributed by atoms with Gasteiger partial charge in [-0.2, -0.15) is 11.8 Å². The molecule has 1 aromatic heterocycles. The van der Waals surface area contributed by atoms with Gasteiger partial charge in [-0.05, 0) is 31.8 Å². The Kier molecular flexibility index (Phi) is 7.12. The second-order valence-electron chi connectivity index (χ2n) is 3.79. The monoisotopic (exact) mass is 288 g/mol. The number of nitrogens with zero attached hydrogens (tertiary/aromatic N) is 1. The van der Waals surface area contributed by atoms with Gasteiger partial charge in [-0.15, -0.1) is 11.3 Å². The van der Waals surface area contributed by atoms with Gasteiger partial charge in [-0.25, -0.2) is 9.78 Å². The molecule has 4 nitrogen and oxygen atoms in total. The Hall–Kier alpha value is -0.750. The van der Waals surface area contributed by atoms with E-state index in [9.17, 15) is 4.79 Å². The van der Waals surface area contributed by atoms with Gasteiger partial charge in [0, 0.05) is 11.4 Å². The third kappa shape index (κ3) is 5.27. The molecule has 0 saturated carbocycles. The lowest BCUT2D eigenvalue weighted by Gasteiger charge is -2.11. The van der Waals surface area contributed by atoms with Crippen molar-refractivity contribution in [1.29, 1.82) is 0 Å². The molecule has 0 fully saturated rings. The van der Waals surface area contributed by atoms with Crippen LogP contribution in [0.15, 0.2) is 5.38 Å². The Morgan fingerprint density at radius 1 is 1.61 bits per heavy atom. The number of nitrogens with one attached hydrogen (secondary N) is 1. The number of thioether (sulfide) groups is 1. The van der Waals surface area contributed by atoms with Gasteiger partial charge in [-0.1, -0.05) is 6.92 Å².